The van der Waals surface area contributed by atoms with Gasteiger partial charge >= 0.3 is 0 Å². The lowest BCUT2D eigenvalue weighted by Crippen LogP contribution is -2.02. The van der Waals surface area contributed by atoms with Gasteiger partial charge in [0, 0.05) is 18.2 Å². The summed E-state index contributed by atoms with van der Waals surface area (Å²) in [5.41, 5.74) is 0.510. The van der Waals surface area contributed by atoms with Crippen LogP contribution >= 0.6 is 27.5 Å². The minimum Gasteiger partial charge on any atom is -0.506 e. The van der Waals surface area contributed by atoms with Gasteiger partial charge in [-0.25, -0.2) is 8.78 Å². The molecule has 0 spiro atoms. The first-order chi connectivity index (χ1) is 8.99. The zero-order chi connectivity index (χ0) is 14.0. The van der Waals surface area contributed by atoms with Crippen LogP contribution in [0.2, 0.25) is 5.02 Å². The van der Waals surface area contributed by atoms with Gasteiger partial charge in [0.25, 0.3) is 0 Å². The average Bonchev–Trinajstić information content (AvgIpc) is 2.37. The van der Waals surface area contributed by atoms with Crippen molar-refractivity contribution in [1.29, 1.82) is 0 Å². The Morgan fingerprint density at radius 3 is 2.68 bits per heavy atom. The summed E-state index contributed by atoms with van der Waals surface area (Å²) >= 11 is 8.65. The third kappa shape index (κ3) is 3.16. The van der Waals surface area contributed by atoms with Gasteiger partial charge in [-0.3, -0.25) is 0 Å². The molecule has 2 nitrogen and oxygen atoms in total. The summed E-state index contributed by atoms with van der Waals surface area (Å²) in [6.45, 7) is 0.129. The van der Waals surface area contributed by atoms with Crippen LogP contribution in [0.4, 0.5) is 14.5 Å². The fourth-order valence-electron chi connectivity index (χ4n) is 1.55. The highest BCUT2D eigenvalue weighted by Gasteiger charge is 2.10. The van der Waals surface area contributed by atoms with E-state index in [9.17, 15) is 13.9 Å². The van der Waals surface area contributed by atoms with Crippen LogP contribution in [0.25, 0.3) is 0 Å². The Labute approximate surface area is 122 Å². The van der Waals surface area contributed by atoms with Crippen LogP contribution < -0.4 is 5.32 Å². The molecular formula is C13H9BrClF2NO. The monoisotopic (exact) mass is 347 g/mol. The van der Waals surface area contributed by atoms with Gasteiger partial charge in [-0.15, -0.1) is 0 Å². The largest absolute Gasteiger partial charge is 0.506 e. The molecule has 0 aliphatic carbocycles. The van der Waals surface area contributed by atoms with Gasteiger partial charge in [-0.1, -0.05) is 23.7 Å². The van der Waals surface area contributed by atoms with E-state index >= 15 is 0 Å². The number of rotatable bonds is 3. The molecule has 0 aromatic heterocycles. The van der Waals surface area contributed by atoms with E-state index in [-0.39, 0.29) is 27.5 Å². The summed E-state index contributed by atoms with van der Waals surface area (Å²) < 4.78 is 26.9. The molecule has 100 valence electrons. The topological polar surface area (TPSA) is 32.3 Å². The molecule has 2 rings (SSSR count). The molecule has 19 heavy (non-hydrogen) atoms. The zero-order valence-corrected chi connectivity index (χ0v) is 11.9. The number of phenolic OH excluding ortho intramolecular Hbond substituents is 1. The molecular weight excluding hydrogens is 340 g/mol. The van der Waals surface area contributed by atoms with E-state index in [2.05, 4.69) is 21.2 Å². The van der Waals surface area contributed by atoms with Crippen molar-refractivity contribution in [1.82, 2.24) is 0 Å². The summed E-state index contributed by atoms with van der Waals surface area (Å²) in [4.78, 5) is 0. The van der Waals surface area contributed by atoms with Gasteiger partial charge in [-0.05, 0) is 28.1 Å². The lowest BCUT2D eigenvalue weighted by atomic mass is 10.2. The Bertz CT molecular complexity index is 622. The summed E-state index contributed by atoms with van der Waals surface area (Å²) in [7, 11) is 0. The van der Waals surface area contributed by atoms with Crippen LogP contribution in [-0.4, -0.2) is 5.11 Å². The second-order valence-electron chi connectivity index (χ2n) is 3.85. The van der Waals surface area contributed by atoms with Crippen LogP contribution in [0, 0.1) is 11.6 Å². The first-order valence-electron chi connectivity index (χ1n) is 5.34. The Hall–Kier alpha value is -1.33. The summed E-state index contributed by atoms with van der Waals surface area (Å²) in [6, 6.07) is 6.93. The van der Waals surface area contributed by atoms with E-state index in [1.54, 1.807) is 18.2 Å². The lowest BCUT2D eigenvalue weighted by molar-refractivity contribution is 0.469. The standard InChI is InChI=1S/C13H9BrClF2NO/c14-8-4-11(17)12(5-10(8)16)18-6-7-2-1-3-9(15)13(7)19/h1-5,18-19H,6H2. The SMILES string of the molecule is Oc1c(Cl)cccc1CNc1cc(F)c(Br)cc1F. The van der Waals surface area contributed by atoms with E-state index in [1.807, 2.05) is 0 Å². The van der Waals surface area contributed by atoms with Crippen LogP contribution in [0.15, 0.2) is 34.8 Å². The van der Waals surface area contributed by atoms with Crippen molar-refractivity contribution in [3.8, 4) is 5.75 Å². The minimum atomic E-state index is -0.588. The van der Waals surface area contributed by atoms with Crippen LogP contribution in [0.1, 0.15) is 5.56 Å². The molecule has 0 amide bonds. The summed E-state index contributed by atoms with van der Waals surface area (Å²) in [6.07, 6.45) is 0. The first kappa shape index (κ1) is 14.1. The van der Waals surface area contributed by atoms with Gasteiger partial charge in [-0.2, -0.15) is 0 Å². The van der Waals surface area contributed by atoms with E-state index in [0.717, 1.165) is 12.1 Å². The lowest BCUT2D eigenvalue weighted by Gasteiger charge is -2.10. The Morgan fingerprint density at radius 2 is 1.95 bits per heavy atom. The van der Waals surface area contributed by atoms with Crippen molar-refractivity contribution in [2.75, 3.05) is 5.32 Å². The van der Waals surface area contributed by atoms with Crippen molar-refractivity contribution in [3.63, 3.8) is 0 Å². The van der Waals surface area contributed by atoms with Crippen LogP contribution in [-0.2, 0) is 6.54 Å². The molecule has 0 saturated carbocycles. The number of phenols is 1. The smallest absolute Gasteiger partial charge is 0.147 e. The van der Waals surface area contributed by atoms with E-state index in [0.29, 0.717) is 5.56 Å². The van der Waals surface area contributed by atoms with Gasteiger partial charge < -0.3 is 10.4 Å². The average molecular weight is 349 g/mol. The van der Waals surface area contributed by atoms with Crippen molar-refractivity contribution in [2.45, 2.75) is 6.54 Å². The number of hydrogen-bond donors (Lipinski definition) is 2. The molecule has 0 unspecified atom stereocenters. The molecule has 2 aromatic rings. The normalized spacial score (nSPS) is 10.5. The highest BCUT2D eigenvalue weighted by atomic mass is 79.9. The van der Waals surface area contributed by atoms with Crippen molar-refractivity contribution < 1.29 is 13.9 Å². The van der Waals surface area contributed by atoms with Gasteiger partial charge in [0.1, 0.15) is 17.4 Å². The minimum absolute atomic E-state index is 0.0140. The predicted molar refractivity (Wildman–Crippen MR) is 74.5 cm³/mol. The molecule has 0 fully saturated rings. The number of anilines is 1. The molecule has 0 bridgehead atoms. The maximum Gasteiger partial charge on any atom is 0.147 e. The maximum atomic E-state index is 13.6. The summed E-state index contributed by atoms with van der Waals surface area (Å²) in [5.74, 6) is -1.23. The summed E-state index contributed by atoms with van der Waals surface area (Å²) in [5, 5.41) is 12.6. The van der Waals surface area contributed by atoms with E-state index in [4.69, 9.17) is 11.6 Å². The second-order valence-corrected chi connectivity index (χ2v) is 5.11. The molecule has 0 saturated heterocycles. The molecule has 2 N–H and O–H groups in total. The molecule has 0 aliphatic heterocycles. The fourth-order valence-corrected chi connectivity index (χ4v) is 2.06. The third-order valence-corrected chi connectivity index (χ3v) is 3.46. The Balaban J connectivity index is 2.19. The second kappa shape index (κ2) is 5.75. The first-order valence-corrected chi connectivity index (χ1v) is 6.51. The van der Waals surface area contributed by atoms with Crippen molar-refractivity contribution >= 4 is 33.2 Å². The number of aromatic hydroxyl groups is 1. The number of halogens is 4. The Morgan fingerprint density at radius 1 is 1.21 bits per heavy atom. The van der Waals surface area contributed by atoms with Crippen LogP contribution in [0.3, 0.4) is 0 Å². The van der Waals surface area contributed by atoms with Crippen molar-refractivity contribution in [3.05, 3.63) is 57.0 Å². The molecule has 6 heteroatoms. The fraction of sp³-hybridized carbons (Fsp3) is 0.0769. The van der Waals surface area contributed by atoms with Gasteiger partial charge in [0.05, 0.1) is 15.2 Å². The molecule has 0 heterocycles. The highest BCUT2D eigenvalue weighted by molar-refractivity contribution is 9.10. The van der Waals surface area contributed by atoms with Gasteiger partial charge in [0.2, 0.25) is 0 Å². The molecule has 0 radical (unpaired) electrons. The van der Waals surface area contributed by atoms with E-state index in [1.165, 1.54) is 0 Å². The maximum absolute atomic E-state index is 13.6. The number of nitrogens with one attached hydrogen (secondary N) is 1. The number of benzene rings is 2. The number of hydrogen-bond acceptors (Lipinski definition) is 2. The van der Waals surface area contributed by atoms with Gasteiger partial charge in [0.15, 0.2) is 0 Å². The number of para-hydroxylation sites is 1. The third-order valence-electron chi connectivity index (χ3n) is 2.55. The zero-order valence-electron chi connectivity index (χ0n) is 9.55. The Kier molecular flexibility index (Phi) is 4.27. The molecule has 0 aliphatic rings. The highest BCUT2D eigenvalue weighted by Crippen LogP contribution is 2.28. The molecule has 2 aromatic carbocycles. The van der Waals surface area contributed by atoms with E-state index < -0.39 is 11.6 Å². The van der Waals surface area contributed by atoms with Crippen LogP contribution in [0.5, 0.6) is 5.75 Å². The quantitative estimate of drug-likeness (QED) is 0.788. The van der Waals surface area contributed by atoms with Crippen molar-refractivity contribution in [2.24, 2.45) is 0 Å². The molecule has 0 atom stereocenters. The predicted octanol–water partition coefficient (Wildman–Crippen LogP) is 4.70.